The van der Waals surface area contributed by atoms with Gasteiger partial charge in [0.1, 0.15) is 5.70 Å². The first-order valence-electron chi connectivity index (χ1n) is 6.82. The second-order valence-electron chi connectivity index (χ2n) is 5.40. The summed E-state index contributed by atoms with van der Waals surface area (Å²) in [4.78, 5) is 13.4. The van der Waals surface area contributed by atoms with Crippen LogP contribution in [0.25, 0.3) is 0 Å². The van der Waals surface area contributed by atoms with Crippen molar-refractivity contribution in [3.8, 4) is 0 Å². The first kappa shape index (κ1) is 11.6. The van der Waals surface area contributed by atoms with Crippen molar-refractivity contribution in [2.24, 2.45) is 11.8 Å². The van der Waals surface area contributed by atoms with E-state index in [-0.39, 0.29) is 6.04 Å². The number of hydrogen-bond acceptors (Lipinski definition) is 2. The van der Waals surface area contributed by atoms with Crippen molar-refractivity contribution in [1.82, 2.24) is 4.90 Å². The summed E-state index contributed by atoms with van der Waals surface area (Å²) in [6, 6.07) is 0.276. The Morgan fingerprint density at radius 2 is 2.22 bits per heavy atom. The molecule has 0 amide bonds. The Morgan fingerprint density at radius 1 is 1.33 bits per heavy atom. The Labute approximate surface area is 107 Å². The molecule has 0 aromatic heterocycles. The molecule has 0 aromatic rings. The number of rotatable bonds is 1. The van der Waals surface area contributed by atoms with E-state index in [1.807, 2.05) is 6.08 Å². The van der Waals surface area contributed by atoms with Crippen LogP contribution >= 0.6 is 0 Å². The molecule has 3 heteroatoms. The smallest absolute Gasteiger partial charge is 0.352 e. The lowest BCUT2D eigenvalue weighted by Gasteiger charge is -2.39. The Bertz CT molecular complexity index is 436. The highest BCUT2D eigenvalue weighted by atomic mass is 16.4. The second-order valence-corrected chi connectivity index (χ2v) is 5.40. The standard InChI is InChI=1S/C15H19NO2/c17-15(18)14-9-3-8-13-12-7-2-1-5-11(12)6-4-10-16(13)14/h1,3,5,8-9,11-13H,2,4,6-7,10H2,(H,17,18). The molecule has 0 spiro atoms. The second kappa shape index (κ2) is 4.63. The normalized spacial score (nSPS) is 34.3. The van der Waals surface area contributed by atoms with Crippen molar-refractivity contribution in [2.75, 3.05) is 6.54 Å². The zero-order valence-electron chi connectivity index (χ0n) is 10.5. The van der Waals surface area contributed by atoms with Gasteiger partial charge in [0.05, 0.1) is 6.04 Å². The van der Waals surface area contributed by atoms with Gasteiger partial charge in [0, 0.05) is 6.54 Å². The lowest BCUT2D eigenvalue weighted by atomic mass is 9.77. The highest BCUT2D eigenvalue weighted by Crippen LogP contribution is 2.38. The van der Waals surface area contributed by atoms with E-state index in [0.29, 0.717) is 17.5 Å². The molecule has 3 aliphatic rings. The minimum atomic E-state index is -0.797. The fourth-order valence-electron chi connectivity index (χ4n) is 3.61. The zero-order chi connectivity index (χ0) is 12.5. The molecule has 3 unspecified atom stereocenters. The first-order chi connectivity index (χ1) is 8.77. The lowest BCUT2D eigenvalue weighted by Crippen LogP contribution is -2.43. The van der Waals surface area contributed by atoms with Crippen LogP contribution in [0.2, 0.25) is 0 Å². The van der Waals surface area contributed by atoms with E-state index < -0.39 is 5.97 Å². The van der Waals surface area contributed by atoms with Crippen LogP contribution in [0, 0.1) is 11.8 Å². The Kier molecular flexibility index (Phi) is 2.98. The zero-order valence-corrected chi connectivity index (χ0v) is 10.5. The fraction of sp³-hybridized carbons (Fsp3) is 0.533. The van der Waals surface area contributed by atoms with Gasteiger partial charge in [0.25, 0.3) is 0 Å². The van der Waals surface area contributed by atoms with Crippen molar-refractivity contribution in [3.05, 3.63) is 36.1 Å². The quantitative estimate of drug-likeness (QED) is 0.722. The van der Waals surface area contributed by atoms with E-state index in [4.69, 9.17) is 0 Å². The molecule has 1 N–H and O–H groups in total. The first-order valence-corrected chi connectivity index (χ1v) is 6.82. The molecular formula is C15H19NO2. The summed E-state index contributed by atoms with van der Waals surface area (Å²) in [6.07, 6.45) is 15.1. The molecule has 1 saturated heterocycles. The molecule has 2 heterocycles. The maximum atomic E-state index is 11.3. The van der Waals surface area contributed by atoms with Crippen LogP contribution in [0.15, 0.2) is 36.1 Å². The van der Waals surface area contributed by atoms with Gasteiger partial charge in [0.15, 0.2) is 0 Å². The largest absolute Gasteiger partial charge is 0.477 e. The number of aliphatic carboxylic acids is 1. The number of hydrogen-bond donors (Lipinski definition) is 1. The van der Waals surface area contributed by atoms with Crippen molar-refractivity contribution in [2.45, 2.75) is 31.7 Å². The molecule has 0 saturated carbocycles. The molecule has 96 valence electrons. The van der Waals surface area contributed by atoms with Gasteiger partial charge < -0.3 is 10.0 Å². The summed E-state index contributed by atoms with van der Waals surface area (Å²) in [7, 11) is 0. The number of carbonyl (C=O) groups is 1. The van der Waals surface area contributed by atoms with Crippen LogP contribution < -0.4 is 0 Å². The summed E-state index contributed by atoms with van der Waals surface area (Å²) in [5.74, 6) is 0.414. The van der Waals surface area contributed by atoms with Crippen LogP contribution in [-0.4, -0.2) is 28.6 Å². The van der Waals surface area contributed by atoms with Crippen LogP contribution in [-0.2, 0) is 4.79 Å². The lowest BCUT2D eigenvalue weighted by molar-refractivity contribution is -0.134. The van der Waals surface area contributed by atoms with Crippen LogP contribution in [0.3, 0.4) is 0 Å². The highest BCUT2D eigenvalue weighted by molar-refractivity contribution is 5.86. The van der Waals surface area contributed by atoms with Crippen molar-refractivity contribution >= 4 is 5.97 Å². The molecule has 1 fully saturated rings. The predicted octanol–water partition coefficient (Wildman–Crippen LogP) is 2.57. The molecule has 3 rings (SSSR count). The fourth-order valence-corrected chi connectivity index (χ4v) is 3.61. The van der Waals surface area contributed by atoms with Gasteiger partial charge in [-0.25, -0.2) is 4.79 Å². The highest BCUT2D eigenvalue weighted by Gasteiger charge is 2.37. The minimum absolute atomic E-state index is 0.276. The molecule has 0 aromatic carbocycles. The molecule has 3 nitrogen and oxygen atoms in total. The molecule has 3 atom stereocenters. The molecule has 0 radical (unpaired) electrons. The summed E-state index contributed by atoms with van der Waals surface area (Å²) < 4.78 is 0. The number of fused-ring (bicyclic) bond motifs is 3. The molecule has 18 heavy (non-hydrogen) atoms. The van der Waals surface area contributed by atoms with Crippen molar-refractivity contribution in [3.63, 3.8) is 0 Å². The van der Waals surface area contributed by atoms with E-state index in [1.165, 1.54) is 12.8 Å². The molecular weight excluding hydrogens is 226 g/mol. The number of nitrogens with zero attached hydrogens (tertiary/aromatic N) is 1. The summed E-state index contributed by atoms with van der Waals surface area (Å²) in [5, 5.41) is 9.31. The number of carboxylic acid groups (broad SMARTS) is 1. The van der Waals surface area contributed by atoms with E-state index in [2.05, 4.69) is 23.1 Å². The third-order valence-corrected chi connectivity index (χ3v) is 4.43. The Balaban J connectivity index is 1.92. The van der Waals surface area contributed by atoms with Crippen LogP contribution in [0.5, 0.6) is 0 Å². The minimum Gasteiger partial charge on any atom is -0.477 e. The third-order valence-electron chi connectivity index (χ3n) is 4.43. The van der Waals surface area contributed by atoms with Gasteiger partial charge in [-0.1, -0.05) is 24.3 Å². The summed E-state index contributed by atoms with van der Waals surface area (Å²) in [6.45, 7) is 0.869. The molecule has 1 aliphatic carbocycles. The van der Waals surface area contributed by atoms with Crippen molar-refractivity contribution < 1.29 is 9.90 Å². The molecule has 0 bridgehead atoms. The van der Waals surface area contributed by atoms with Gasteiger partial charge in [-0.2, -0.15) is 0 Å². The SMILES string of the molecule is O=C(O)C1=CC=CC2C3CCC=CC3CCCN12. The molecule has 2 aliphatic heterocycles. The van der Waals surface area contributed by atoms with E-state index >= 15 is 0 Å². The van der Waals surface area contributed by atoms with E-state index in [9.17, 15) is 9.90 Å². The third kappa shape index (κ3) is 1.88. The van der Waals surface area contributed by atoms with E-state index in [0.717, 1.165) is 19.4 Å². The topological polar surface area (TPSA) is 40.5 Å². The van der Waals surface area contributed by atoms with Crippen molar-refractivity contribution in [1.29, 1.82) is 0 Å². The van der Waals surface area contributed by atoms with Gasteiger partial charge in [-0.15, -0.1) is 0 Å². The van der Waals surface area contributed by atoms with Gasteiger partial charge in [0.2, 0.25) is 0 Å². The maximum absolute atomic E-state index is 11.3. The summed E-state index contributed by atoms with van der Waals surface area (Å²) in [5.41, 5.74) is 0.470. The van der Waals surface area contributed by atoms with Gasteiger partial charge in [-0.05, 0) is 43.6 Å². The maximum Gasteiger partial charge on any atom is 0.352 e. The monoisotopic (exact) mass is 245 g/mol. The van der Waals surface area contributed by atoms with Gasteiger partial charge >= 0.3 is 5.97 Å². The van der Waals surface area contributed by atoms with Crippen LogP contribution in [0.4, 0.5) is 0 Å². The predicted molar refractivity (Wildman–Crippen MR) is 69.9 cm³/mol. The summed E-state index contributed by atoms with van der Waals surface area (Å²) >= 11 is 0. The van der Waals surface area contributed by atoms with E-state index in [1.54, 1.807) is 6.08 Å². The van der Waals surface area contributed by atoms with Gasteiger partial charge in [-0.3, -0.25) is 0 Å². The average Bonchev–Trinajstić information content (AvgIpc) is 2.57. The Hall–Kier alpha value is -1.51. The number of carboxylic acids is 1. The number of allylic oxidation sites excluding steroid dienone is 4. The van der Waals surface area contributed by atoms with Crippen LogP contribution in [0.1, 0.15) is 25.7 Å². The average molecular weight is 245 g/mol. The Morgan fingerprint density at radius 3 is 3.06 bits per heavy atom.